The molecule has 0 aliphatic heterocycles. The third-order valence-corrected chi connectivity index (χ3v) is 7.92. The summed E-state index contributed by atoms with van der Waals surface area (Å²) in [5, 5.41) is 34.0. The minimum atomic E-state index is -1.23. The van der Waals surface area contributed by atoms with Crippen molar-refractivity contribution >= 4 is 74.4 Å². The maximum absolute atomic E-state index is 12.3. The van der Waals surface area contributed by atoms with Crippen LogP contribution < -0.4 is 0 Å². The van der Waals surface area contributed by atoms with Crippen LogP contribution in [0.15, 0.2) is 0 Å². The first-order valence-electron chi connectivity index (χ1n) is 15.6. The Morgan fingerprint density at radius 2 is 0.609 bits per heavy atom. The quantitative estimate of drug-likeness (QED) is 0.0255. The molecule has 0 heterocycles. The zero-order valence-corrected chi connectivity index (χ0v) is 30.4. The Hall–Kier alpha value is -0.880. The highest BCUT2D eigenvalue weighted by Gasteiger charge is 2.38. The normalized spacial score (nSPS) is 11.3. The van der Waals surface area contributed by atoms with Crippen molar-refractivity contribution in [2.45, 2.75) is 77.0 Å². The molecule has 12 nitrogen and oxygen atoms in total. The fourth-order valence-corrected chi connectivity index (χ4v) is 4.19. The van der Waals surface area contributed by atoms with Crippen LogP contribution in [-0.4, -0.2) is 120 Å². The first kappa shape index (κ1) is 47.2. The van der Waals surface area contributed by atoms with Gasteiger partial charge < -0.3 is 39.4 Å². The van der Waals surface area contributed by atoms with Crippen molar-refractivity contribution in [3.8, 4) is 0 Å². The Bertz CT molecular complexity index is 673. The van der Waals surface area contributed by atoms with Crippen LogP contribution in [0.4, 0.5) is 0 Å². The summed E-state index contributed by atoms with van der Waals surface area (Å²) >= 11 is 16.6. The monoisotopic (exact) mass is 736 g/mol. The van der Waals surface area contributed by atoms with E-state index in [0.29, 0.717) is 48.7 Å². The molecule has 0 aromatic rings. The number of hydrogen-bond donors (Lipinski definition) is 8. The maximum atomic E-state index is 12.3. The summed E-state index contributed by atoms with van der Waals surface area (Å²) in [5.74, 6) is 0.884. The third kappa shape index (κ3) is 25.2. The van der Waals surface area contributed by atoms with Gasteiger partial charge in [-0.2, -0.15) is 50.5 Å². The molecule has 0 aromatic heterocycles. The van der Waals surface area contributed by atoms with Crippen molar-refractivity contribution < 1.29 is 58.6 Å². The van der Waals surface area contributed by atoms with Crippen LogP contribution in [0.3, 0.4) is 0 Å². The van der Waals surface area contributed by atoms with E-state index < -0.39 is 61.1 Å². The Balaban J connectivity index is 0. The van der Waals surface area contributed by atoms with Crippen molar-refractivity contribution in [1.82, 2.24) is 0 Å². The van der Waals surface area contributed by atoms with Crippen LogP contribution in [0.5, 0.6) is 0 Å². The molecule has 0 rings (SSSR count). The number of ether oxygens (including phenoxy) is 4. The van der Waals surface area contributed by atoms with E-state index >= 15 is 0 Å². The van der Waals surface area contributed by atoms with Crippen molar-refractivity contribution in [2.24, 2.45) is 10.8 Å². The molecule has 0 aliphatic rings. The van der Waals surface area contributed by atoms with Gasteiger partial charge >= 0.3 is 23.9 Å². The van der Waals surface area contributed by atoms with Gasteiger partial charge in [0.05, 0.1) is 31.8 Å². The zero-order valence-electron chi connectivity index (χ0n) is 26.8. The number of aliphatic hydroxyl groups is 4. The number of rotatable bonds is 28. The summed E-state index contributed by atoms with van der Waals surface area (Å²) in [7, 11) is 0. The van der Waals surface area contributed by atoms with Gasteiger partial charge in [0.2, 0.25) is 0 Å². The van der Waals surface area contributed by atoms with E-state index in [0.717, 1.165) is 25.7 Å². The summed E-state index contributed by atoms with van der Waals surface area (Å²) < 4.78 is 21.9. The number of carbonyl (C=O) groups is 4. The van der Waals surface area contributed by atoms with Crippen LogP contribution in [0.2, 0.25) is 0 Å². The molecule has 272 valence electrons. The number of carbonyl (C=O) groups excluding carboxylic acids is 4. The summed E-state index contributed by atoms with van der Waals surface area (Å²) in [6.45, 7) is -2.55. The highest BCUT2D eigenvalue weighted by Crippen LogP contribution is 2.23. The first-order valence-corrected chi connectivity index (χ1v) is 18.1. The third-order valence-electron chi connectivity index (χ3n) is 6.66. The Labute approximate surface area is 295 Å². The van der Waals surface area contributed by atoms with Crippen LogP contribution in [0.25, 0.3) is 0 Å². The molecule has 46 heavy (non-hydrogen) atoms. The Kier molecular flexibility index (Phi) is 32.2. The smallest absolute Gasteiger partial charge is 0.305 e. The lowest BCUT2D eigenvalue weighted by Gasteiger charge is -2.31. The van der Waals surface area contributed by atoms with E-state index in [1.165, 1.54) is 0 Å². The van der Waals surface area contributed by atoms with E-state index in [4.69, 9.17) is 39.4 Å². The number of hydrogen-bond acceptors (Lipinski definition) is 16. The molecule has 0 saturated carbocycles. The van der Waals surface area contributed by atoms with Gasteiger partial charge in [0.1, 0.15) is 31.8 Å². The minimum absolute atomic E-state index is 0.202. The number of thiol groups is 4. The van der Waals surface area contributed by atoms with Gasteiger partial charge in [-0.05, 0) is 74.4 Å². The summed E-state index contributed by atoms with van der Waals surface area (Å²) in [6, 6.07) is 0. The first-order chi connectivity index (χ1) is 22.1. The lowest BCUT2D eigenvalue weighted by Crippen LogP contribution is -2.44. The van der Waals surface area contributed by atoms with Gasteiger partial charge in [-0.15, -0.1) is 0 Å². The average molecular weight is 737 g/mol. The van der Waals surface area contributed by atoms with Crippen LogP contribution in [0.1, 0.15) is 77.0 Å². The SMILES string of the molecule is O=C(CCCCS)OCC(COC(=O)CCCCS)(COC(=O)CCCCS)COC(=O)CCCCS.OCC(CO)(CO)CO. The molecular formula is C30H56O12S4. The van der Waals surface area contributed by atoms with Crippen molar-refractivity contribution in [2.75, 3.05) is 75.9 Å². The lowest BCUT2D eigenvalue weighted by molar-refractivity contribution is -0.170. The molecule has 16 heteroatoms. The Morgan fingerprint density at radius 3 is 0.761 bits per heavy atom. The largest absolute Gasteiger partial charge is 0.465 e. The molecule has 0 fully saturated rings. The maximum Gasteiger partial charge on any atom is 0.305 e. The van der Waals surface area contributed by atoms with E-state index in [1.807, 2.05) is 0 Å². The molecule has 4 N–H and O–H groups in total. The van der Waals surface area contributed by atoms with E-state index in [-0.39, 0.29) is 52.1 Å². The standard InChI is InChI=1S/C25H44O8S4.C5H12O4/c26-21(9-1-5-13-34)30-17-25(18-31-22(27)10-2-6-14-35,19-32-23(28)11-3-7-15-36)20-33-24(29)12-4-8-16-37;6-1-5(2-7,3-8)4-9/h34-37H,1-20H2;6-9H,1-4H2. The van der Waals surface area contributed by atoms with E-state index in [1.54, 1.807) is 0 Å². The minimum Gasteiger partial charge on any atom is -0.465 e. The van der Waals surface area contributed by atoms with Crippen LogP contribution in [0, 0.1) is 10.8 Å². The second-order valence-corrected chi connectivity index (χ2v) is 12.8. The highest BCUT2D eigenvalue weighted by molar-refractivity contribution is 7.80. The molecular weight excluding hydrogens is 681 g/mol. The van der Waals surface area contributed by atoms with Gasteiger partial charge in [-0.3, -0.25) is 19.2 Å². The van der Waals surface area contributed by atoms with Crippen molar-refractivity contribution in [3.05, 3.63) is 0 Å². The molecule has 0 amide bonds. The van der Waals surface area contributed by atoms with Gasteiger partial charge in [0.25, 0.3) is 0 Å². The predicted molar refractivity (Wildman–Crippen MR) is 188 cm³/mol. The molecule has 0 spiro atoms. The van der Waals surface area contributed by atoms with Crippen LogP contribution in [-0.2, 0) is 38.1 Å². The molecule has 0 aromatic carbocycles. The van der Waals surface area contributed by atoms with Crippen molar-refractivity contribution in [3.63, 3.8) is 0 Å². The van der Waals surface area contributed by atoms with Gasteiger partial charge in [-0.1, -0.05) is 0 Å². The summed E-state index contributed by atoms with van der Waals surface area (Å²) in [4.78, 5) is 49.2. The molecule has 0 atom stereocenters. The van der Waals surface area contributed by atoms with Crippen molar-refractivity contribution in [1.29, 1.82) is 0 Å². The molecule has 0 unspecified atom stereocenters. The van der Waals surface area contributed by atoms with E-state index in [9.17, 15) is 19.2 Å². The molecule has 0 saturated heterocycles. The average Bonchev–Trinajstić information content (AvgIpc) is 3.06. The predicted octanol–water partition coefficient (Wildman–Crippen LogP) is 2.49. The lowest BCUT2D eigenvalue weighted by atomic mass is 9.92. The van der Waals surface area contributed by atoms with Gasteiger partial charge in [0.15, 0.2) is 0 Å². The highest BCUT2D eigenvalue weighted by atomic mass is 32.1. The summed E-state index contributed by atoms with van der Waals surface area (Å²) in [5.41, 5.74) is -2.34. The molecule has 0 radical (unpaired) electrons. The van der Waals surface area contributed by atoms with Gasteiger partial charge in [-0.25, -0.2) is 0 Å². The van der Waals surface area contributed by atoms with Gasteiger partial charge in [0, 0.05) is 25.7 Å². The second-order valence-electron chi connectivity index (χ2n) is 11.0. The zero-order chi connectivity index (χ0) is 35.1. The number of esters is 4. The van der Waals surface area contributed by atoms with Crippen LogP contribution >= 0.6 is 50.5 Å². The second kappa shape index (κ2) is 31.4. The molecule has 0 bridgehead atoms. The van der Waals surface area contributed by atoms with E-state index in [2.05, 4.69) is 50.5 Å². The Morgan fingerprint density at radius 1 is 0.391 bits per heavy atom. The summed E-state index contributed by atoms with van der Waals surface area (Å²) in [6.07, 6.45) is 6.35. The number of aliphatic hydroxyl groups excluding tert-OH is 4. The fraction of sp³-hybridized carbons (Fsp3) is 0.867. The fourth-order valence-electron chi connectivity index (χ4n) is 3.30. The topological polar surface area (TPSA) is 186 Å². The molecule has 0 aliphatic carbocycles. The number of unbranched alkanes of at least 4 members (excludes halogenated alkanes) is 4.